The molecule has 1 atom stereocenters. The van der Waals surface area contributed by atoms with Crippen molar-refractivity contribution in [1.82, 2.24) is 0 Å². The minimum absolute atomic E-state index is 0.261. The van der Waals surface area contributed by atoms with E-state index in [2.05, 4.69) is 15.9 Å². The third-order valence-corrected chi connectivity index (χ3v) is 5.41. The number of anilines is 1. The number of hydrogen-bond acceptors (Lipinski definition) is 5. The number of imide groups is 1. The van der Waals surface area contributed by atoms with Crippen LogP contribution in [-0.2, 0) is 9.53 Å². The highest BCUT2D eigenvalue weighted by atomic mass is 79.9. The summed E-state index contributed by atoms with van der Waals surface area (Å²) >= 11 is 3.37. The maximum Gasteiger partial charge on any atom is 0.421 e. The van der Waals surface area contributed by atoms with Gasteiger partial charge in [-0.05, 0) is 37.1 Å². The van der Waals surface area contributed by atoms with Crippen molar-refractivity contribution in [3.8, 4) is 0 Å². The number of hydrogen-bond donors (Lipinski definition) is 0. The van der Waals surface area contributed by atoms with Crippen LogP contribution < -0.4 is 4.90 Å². The number of nitro groups is 1. The molecule has 2 aromatic carbocycles. The van der Waals surface area contributed by atoms with E-state index in [1.807, 2.05) is 24.3 Å². The summed E-state index contributed by atoms with van der Waals surface area (Å²) in [5.41, 5.74) is 2.96. The van der Waals surface area contributed by atoms with Gasteiger partial charge in [0.1, 0.15) is 0 Å². The Kier molecular flexibility index (Phi) is 6.12. The Hall–Kier alpha value is -3.00. The quantitative estimate of drug-likeness (QED) is 0.365. The number of rotatable bonds is 5. The largest absolute Gasteiger partial charge is 0.452 e. The molecule has 0 radical (unpaired) electrons. The maximum atomic E-state index is 13.0. The van der Waals surface area contributed by atoms with Gasteiger partial charge >= 0.3 is 6.09 Å². The number of ether oxygens (including phenoxy) is 1. The smallest absolute Gasteiger partial charge is 0.421 e. The Morgan fingerprint density at radius 3 is 2.48 bits per heavy atom. The van der Waals surface area contributed by atoms with E-state index in [-0.39, 0.29) is 11.5 Å². The van der Waals surface area contributed by atoms with Crippen molar-refractivity contribution in [2.24, 2.45) is 0 Å². The van der Waals surface area contributed by atoms with Crippen molar-refractivity contribution in [3.63, 3.8) is 0 Å². The van der Waals surface area contributed by atoms with E-state index in [1.165, 1.54) is 7.11 Å². The minimum Gasteiger partial charge on any atom is -0.452 e. The Morgan fingerprint density at radius 2 is 1.86 bits per heavy atom. The monoisotopic (exact) mass is 458 g/mol. The molecule has 3 rings (SSSR count). The predicted molar refractivity (Wildman–Crippen MR) is 112 cm³/mol. The molecule has 0 unspecified atom stereocenters. The molecule has 0 saturated carbocycles. The zero-order valence-corrected chi connectivity index (χ0v) is 17.5. The van der Waals surface area contributed by atoms with Crippen LogP contribution in [0.15, 0.2) is 58.6 Å². The molecule has 2 aromatic rings. The molecule has 0 saturated heterocycles. The van der Waals surface area contributed by atoms with Crippen LogP contribution >= 0.6 is 15.9 Å². The summed E-state index contributed by atoms with van der Waals surface area (Å²) in [5, 5.41) is 11.2. The summed E-state index contributed by atoms with van der Waals surface area (Å²) in [4.78, 5) is 37.0. The summed E-state index contributed by atoms with van der Waals surface area (Å²) in [5.74, 6) is -0.885. The topological polar surface area (TPSA) is 89.8 Å². The number of para-hydroxylation sites is 1. The second kappa shape index (κ2) is 8.57. The summed E-state index contributed by atoms with van der Waals surface area (Å²) in [6.07, 6.45) is -0.451. The highest BCUT2D eigenvalue weighted by molar-refractivity contribution is 9.10. The van der Waals surface area contributed by atoms with Gasteiger partial charge in [0.2, 0.25) is 6.54 Å². The van der Waals surface area contributed by atoms with Gasteiger partial charge < -0.3 is 4.74 Å². The summed E-state index contributed by atoms with van der Waals surface area (Å²) in [6.45, 7) is 1.51. The second-order valence-corrected chi connectivity index (χ2v) is 7.67. The molecule has 29 heavy (non-hydrogen) atoms. The normalized spacial score (nSPS) is 15.7. The summed E-state index contributed by atoms with van der Waals surface area (Å²) < 4.78 is 5.63. The van der Waals surface area contributed by atoms with Gasteiger partial charge in [0.15, 0.2) is 0 Å². The van der Waals surface area contributed by atoms with Crippen molar-refractivity contribution in [2.45, 2.75) is 19.3 Å². The zero-order chi connectivity index (χ0) is 21.1. The number of halogens is 1. The molecule has 8 heteroatoms. The van der Waals surface area contributed by atoms with Gasteiger partial charge in [-0.3, -0.25) is 14.9 Å². The fourth-order valence-corrected chi connectivity index (χ4v) is 3.84. The molecule has 7 nitrogen and oxygen atoms in total. The molecule has 1 aliphatic heterocycles. The molecule has 150 valence electrons. The number of amides is 2. The lowest BCUT2D eigenvalue weighted by Crippen LogP contribution is -2.33. The van der Waals surface area contributed by atoms with E-state index < -0.39 is 17.9 Å². The van der Waals surface area contributed by atoms with Crippen molar-refractivity contribution in [2.75, 3.05) is 18.6 Å². The van der Waals surface area contributed by atoms with E-state index in [1.54, 1.807) is 31.2 Å². The van der Waals surface area contributed by atoms with Gasteiger partial charge in [0, 0.05) is 20.5 Å². The van der Waals surface area contributed by atoms with E-state index in [0.717, 1.165) is 14.9 Å². The second-order valence-electron chi connectivity index (χ2n) is 6.75. The highest BCUT2D eigenvalue weighted by Crippen LogP contribution is 2.40. The molecular formula is C21H19BrN2O5. The van der Waals surface area contributed by atoms with Crippen LogP contribution in [0, 0.1) is 10.1 Å². The predicted octanol–water partition coefficient (Wildman–Crippen LogP) is 4.79. The zero-order valence-electron chi connectivity index (χ0n) is 15.9. The van der Waals surface area contributed by atoms with E-state index in [0.29, 0.717) is 28.8 Å². The first-order valence-corrected chi connectivity index (χ1v) is 9.71. The molecule has 0 aromatic heterocycles. The molecule has 0 N–H and O–H groups in total. The Labute approximate surface area is 176 Å². The van der Waals surface area contributed by atoms with Gasteiger partial charge in [-0.2, -0.15) is 0 Å². The summed E-state index contributed by atoms with van der Waals surface area (Å²) in [6, 6.07) is 14.3. The van der Waals surface area contributed by atoms with E-state index in [4.69, 9.17) is 4.74 Å². The first-order valence-electron chi connectivity index (χ1n) is 8.92. The van der Waals surface area contributed by atoms with Gasteiger partial charge in [-0.15, -0.1) is 0 Å². The Bertz CT molecular complexity index is 1000. The van der Waals surface area contributed by atoms with Crippen molar-refractivity contribution in [1.29, 1.82) is 0 Å². The van der Waals surface area contributed by atoms with Crippen LogP contribution in [-0.4, -0.2) is 30.6 Å². The molecule has 1 aliphatic rings. The molecule has 1 heterocycles. The van der Waals surface area contributed by atoms with Gasteiger partial charge in [-0.1, -0.05) is 51.8 Å². The third kappa shape index (κ3) is 4.22. The van der Waals surface area contributed by atoms with Crippen LogP contribution in [0.5, 0.6) is 0 Å². The van der Waals surface area contributed by atoms with Crippen molar-refractivity contribution >= 4 is 39.2 Å². The average Bonchev–Trinajstić information content (AvgIpc) is 2.99. The number of methoxy groups -OCH3 is 1. The third-order valence-electron chi connectivity index (χ3n) is 4.88. The first-order chi connectivity index (χ1) is 13.8. The van der Waals surface area contributed by atoms with Crippen molar-refractivity contribution < 1.29 is 19.2 Å². The van der Waals surface area contributed by atoms with Crippen LogP contribution in [0.3, 0.4) is 0 Å². The number of carbonyl (C=O) groups is 2. The SMILES string of the molecule is COC(=O)N1C(=O)/C(=C(/C)C[C@@H](C[N+](=O)[O-])c2ccc(Br)cc2)c2ccccc21. The van der Waals surface area contributed by atoms with Crippen LogP contribution in [0.25, 0.3) is 5.57 Å². The fraction of sp³-hybridized carbons (Fsp3) is 0.238. The Balaban J connectivity index is 2.02. The van der Waals surface area contributed by atoms with Crippen LogP contribution in [0.2, 0.25) is 0 Å². The van der Waals surface area contributed by atoms with Gasteiger partial charge in [0.05, 0.1) is 18.7 Å². The lowest BCUT2D eigenvalue weighted by Gasteiger charge is -2.16. The van der Waals surface area contributed by atoms with Gasteiger partial charge in [0.25, 0.3) is 5.91 Å². The molecule has 0 bridgehead atoms. The average molecular weight is 459 g/mol. The number of carbonyl (C=O) groups excluding carboxylic acids is 2. The molecule has 0 spiro atoms. The van der Waals surface area contributed by atoms with E-state index in [9.17, 15) is 19.7 Å². The number of nitrogens with zero attached hydrogens (tertiary/aromatic N) is 2. The number of fused-ring (bicyclic) bond motifs is 1. The standard InChI is InChI=1S/C21H19BrN2O5/c1-13(11-15(12-23(27)28)14-7-9-16(22)10-8-14)19-17-5-3-4-6-18(17)24(20(19)25)21(26)29-2/h3-10,15H,11-12H2,1-2H3/b19-13-/t15-/m0/s1. The van der Waals surface area contributed by atoms with Gasteiger partial charge in [-0.25, -0.2) is 9.69 Å². The molecule has 0 aliphatic carbocycles. The fourth-order valence-electron chi connectivity index (χ4n) is 3.58. The van der Waals surface area contributed by atoms with Crippen molar-refractivity contribution in [3.05, 3.63) is 79.8 Å². The van der Waals surface area contributed by atoms with Crippen LogP contribution in [0.1, 0.15) is 30.4 Å². The van der Waals surface area contributed by atoms with E-state index >= 15 is 0 Å². The lowest BCUT2D eigenvalue weighted by atomic mass is 9.89. The lowest BCUT2D eigenvalue weighted by molar-refractivity contribution is -0.483. The Morgan fingerprint density at radius 1 is 1.21 bits per heavy atom. The minimum atomic E-state index is -0.764. The summed E-state index contributed by atoms with van der Waals surface area (Å²) in [7, 11) is 1.22. The molecule has 2 amide bonds. The van der Waals surface area contributed by atoms with Crippen LogP contribution in [0.4, 0.5) is 10.5 Å². The first kappa shape index (κ1) is 20.7. The number of benzene rings is 2. The maximum absolute atomic E-state index is 13.0. The number of allylic oxidation sites excluding steroid dienone is 1. The molecule has 0 fully saturated rings. The molecular weight excluding hydrogens is 440 g/mol. The highest BCUT2D eigenvalue weighted by Gasteiger charge is 2.38.